The molecule has 10 nitrogen and oxygen atoms in total. The fraction of sp³-hybridized carbons (Fsp3) is 0.364. The van der Waals surface area contributed by atoms with Crippen molar-refractivity contribution in [2.45, 2.75) is 12.3 Å². The van der Waals surface area contributed by atoms with E-state index in [-0.39, 0.29) is 0 Å². The summed E-state index contributed by atoms with van der Waals surface area (Å²) in [6, 6.07) is 8.36. The molecule has 1 aliphatic carbocycles. The van der Waals surface area contributed by atoms with Crippen LogP contribution in [0.4, 0.5) is 12.0 Å². The van der Waals surface area contributed by atoms with Gasteiger partial charge in [-0.3, -0.25) is 4.68 Å². The lowest BCUT2D eigenvalue weighted by Gasteiger charge is -2.16. The summed E-state index contributed by atoms with van der Waals surface area (Å²) in [6.07, 6.45) is 6.11. The van der Waals surface area contributed by atoms with E-state index in [4.69, 9.17) is 16.0 Å². The molecule has 0 bridgehead atoms. The van der Waals surface area contributed by atoms with Crippen LogP contribution in [0.3, 0.4) is 0 Å². The smallest absolute Gasteiger partial charge is 0.318 e. The highest BCUT2D eigenvalue weighted by atomic mass is 35.5. The number of halogens is 1. The number of anilines is 2. The highest BCUT2D eigenvalue weighted by molar-refractivity contribution is 6.30. The van der Waals surface area contributed by atoms with Gasteiger partial charge in [0.25, 0.3) is 5.89 Å². The van der Waals surface area contributed by atoms with Crippen LogP contribution < -0.4 is 10.2 Å². The van der Waals surface area contributed by atoms with Crippen LogP contribution in [0, 0.1) is 11.8 Å². The molecule has 3 aromatic heterocycles. The van der Waals surface area contributed by atoms with Crippen molar-refractivity contribution in [2.75, 3.05) is 29.9 Å². The van der Waals surface area contributed by atoms with Crippen molar-refractivity contribution >= 4 is 23.6 Å². The first-order chi connectivity index (χ1) is 16.2. The molecule has 0 radical (unpaired) electrons. The van der Waals surface area contributed by atoms with Gasteiger partial charge in [0.15, 0.2) is 0 Å². The first-order valence-corrected chi connectivity index (χ1v) is 11.3. The lowest BCUT2D eigenvalue weighted by atomic mass is 10.1. The van der Waals surface area contributed by atoms with Gasteiger partial charge in [-0.1, -0.05) is 34.0 Å². The van der Waals surface area contributed by atoms with Crippen LogP contribution in [0.25, 0.3) is 11.5 Å². The Morgan fingerprint density at radius 2 is 1.82 bits per heavy atom. The first kappa shape index (κ1) is 20.1. The molecule has 1 saturated carbocycles. The van der Waals surface area contributed by atoms with Crippen molar-refractivity contribution in [1.29, 1.82) is 0 Å². The first-order valence-electron chi connectivity index (χ1n) is 10.9. The van der Waals surface area contributed by atoms with Gasteiger partial charge in [-0.05, 0) is 36.0 Å². The van der Waals surface area contributed by atoms with Gasteiger partial charge in [-0.2, -0.15) is 0 Å². The molecule has 11 heteroatoms. The number of hydrogen-bond acceptors (Lipinski definition) is 9. The second kappa shape index (κ2) is 8.11. The minimum Gasteiger partial charge on any atom is -0.403 e. The van der Waals surface area contributed by atoms with Crippen molar-refractivity contribution in [1.82, 2.24) is 35.2 Å². The Morgan fingerprint density at radius 3 is 2.52 bits per heavy atom. The average molecular weight is 464 g/mol. The minimum absolute atomic E-state index is 0.422. The molecule has 4 aromatic rings. The molecule has 0 spiro atoms. The van der Waals surface area contributed by atoms with E-state index in [2.05, 4.69) is 40.7 Å². The van der Waals surface area contributed by atoms with Gasteiger partial charge in [0.05, 0.1) is 17.5 Å². The summed E-state index contributed by atoms with van der Waals surface area (Å²) in [5, 5.41) is 20.5. The van der Waals surface area contributed by atoms with Crippen molar-refractivity contribution in [3.63, 3.8) is 0 Å². The summed E-state index contributed by atoms with van der Waals surface area (Å²) in [4.78, 5) is 10.9. The molecule has 6 rings (SSSR count). The van der Waals surface area contributed by atoms with Crippen molar-refractivity contribution in [3.05, 3.63) is 59.1 Å². The monoisotopic (exact) mass is 463 g/mol. The van der Waals surface area contributed by atoms with E-state index in [1.54, 1.807) is 12.4 Å². The van der Waals surface area contributed by atoms with Crippen molar-refractivity contribution in [2.24, 2.45) is 18.9 Å². The number of hydrogen-bond donors (Lipinski definition) is 1. The highest BCUT2D eigenvalue weighted by Crippen LogP contribution is 2.58. The third-order valence-corrected chi connectivity index (χ3v) is 6.73. The SMILES string of the molecule is Cn1nncc1C1C2CN(c3nnc(-c4cnc(NCCc5ccc(Cl)cc5)nc4)o3)CC21. The largest absolute Gasteiger partial charge is 0.403 e. The second-order valence-electron chi connectivity index (χ2n) is 8.53. The van der Waals surface area contributed by atoms with Gasteiger partial charge < -0.3 is 14.6 Å². The topological polar surface area (TPSA) is 111 Å². The minimum atomic E-state index is 0.422. The summed E-state index contributed by atoms with van der Waals surface area (Å²) in [7, 11) is 1.95. The molecule has 0 amide bonds. The Hall–Kier alpha value is -3.53. The van der Waals surface area contributed by atoms with Crippen LogP contribution in [0.1, 0.15) is 17.2 Å². The fourth-order valence-electron chi connectivity index (χ4n) is 4.68. The predicted octanol–water partition coefficient (Wildman–Crippen LogP) is 2.81. The normalized spacial score (nSPS) is 21.3. The second-order valence-corrected chi connectivity index (χ2v) is 8.97. The van der Waals surface area contributed by atoms with E-state index < -0.39 is 0 Å². The zero-order valence-corrected chi connectivity index (χ0v) is 18.7. The lowest BCUT2D eigenvalue weighted by Crippen LogP contribution is -2.24. The summed E-state index contributed by atoms with van der Waals surface area (Å²) in [5.74, 6) is 2.67. The van der Waals surface area contributed by atoms with Crippen molar-refractivity contribution < 1.29 is 4.42 Å². The Bertz CT molecular complexity index is 1240. The van der Waals surface area contributed by atoms with Crippen LogP contribution >= 0.6 is 11.6 Å². The zero-order chi connectivity index (χ0) is 22.4. The van der Waals surface area contributed by atoms with Gasteiger partial charge in [0, 0.05) is 50.0 Å². The molecule has 4 heterocycles. The zero-order valence-electron chi connectivity index (χ0n) is 18.0. The maximum absolute atomic E-state index is 5.92. The highest BCUT2D eigenvalue weighted by Gasteiger charge is 2.58. The summed E-state index contributed by atoms with van der Waals surface area (Å²) in [5.41, 5.74) is 3.10. The third-order valence-electron chi connectivity index (χ3n) is 6.48. The molecule has 33 heavy (non-hydrogen) atoms. The van der Waals surface area contributed by atoms with Crippen LogP contribution in [0.15, 0.2) is 47.3 Å². The Labute approximate surface area is 195 Å². The van der Waals surface area contributed by atoms with Gasteiger partial charge in [0.1, 0.15) is 0 Å². The quantitative estimate of drug-likeness (QED) is 0.442. The third kappa shape index (κ3) is 3.91. The van der Waals surface area contributed by atoms with Gasteiger partial charge in [0.2, 0.25) is 5.95 Å². The molecule has 2 aliphatic rings. The number of aryl methyl sites for hydroxylation is 1. The molecule has 1 saturated heterocycles. The molecule has 1 N–H and O–H groups in total. The molecule has 1 aromatic carbocycles. The molecule has 2 unspecified atom stereocenters. The van der Waals surface area contributed by atoms with E-state index in [0.717, 1.165) is 31.1 Å². The number of benzene rings is 1. The molecule has 1 aliphatic heterocycles. The number of nitrogens with zero attached hydrogens (tertiary/aromatic N) is 8. The maximum Gasteiger partial charge on any atom is 0.318 e. The van der Waals surface area contributed by atoms with E-state index in [9.17, 15) is 0 Å². The number of rotatable bonds is 7. The molecule has 2 fully saturated rings. The Balaban J connectivity index is 1.04. The fourth-order valence-corrected chi connectivity index (χ4v) is 4.81. The standard InChI is InChI=1S/C22H22ClN9O/c1-31-18(10-27-30-31)19-16-11-32(12-17(16)19)22-29-28-20(33-22)14-8-25-21(26-9-14)24-7-6-13-2-4-15(23)5-3-13/h2-5,8-10,16-17,19H,6-7,11-12H2,1H3,(H,24,25,26). The molecule has 168 valence electrons. The summed E-state index contributed by atoms with van der Waals surface area (Å²) in [6.45, 7) is 2.52. The maximum atomic E-state index is 5.92. The van der Waals surface area contributed by atoms with E-state index in [1.807, 2.05) is 42.2 Å². The average Bonchev–Trinajstić information content (AvgIpc) is 3.30. The molecular weight excluding hydrogens is 442 g/mol. The number of fused-ring (bicyclic) bond motifs is 1. The van der Waals surface area contributed by atoms with E-state index in [0.29, 0.717) is 41.2 Å². The summed E-state index contributed by atoms with van der Waals surface area (Å²) >= 11 is 5.92. The Kier molecular flexibility index (Phi) is 4.94. The van der Waals surface area contributed by atoms with Gasteiger partial charge >= 0.3 is 6.01 Å². The van der Waals surface area contributed by atoms with Crippen molar-refractivity contribution in [3.8, 4) is 11.5 Å². The molecule has 2 atom stereocenters. The van der Waals surface area contributed by atoms with E-state index >= 15 is 0 Å². The van der Waals surface area contributed by atoms with Crippen LogP contribution in [0.5, 0.6) is 0 Å². The van der Waals surface area contributed by atoms with Crippen LogP contribution in [0.2, 0.25) is 5.02 Å². The Morgan fingerprint density at radius 1 is 1.06 bits per heavy atom. The number of piperidine rings is 1. The van der Waals surface area contributed by atoms with Gasteiger partial charge in [-0.15, -0.1) is 10.2 Å². The predicted molar refractivity (Wildman–Crippen MR) is 122 cm³/mol. The van der Waals surface area contributed by atoms with E-state index in [1.165, 1.54) is 11.3 Å². The molecular formula is C22H22ClN9O. The lowest BCUT2D eigenvalue weighted by molar-refractivity contribution is 0.540. The van der Waals surface area contributed by atoms with Crippen LogP contribution in [-0.4, -0.2) is 54.8 Å². The number of aromatic nitrogens is 7. The number of nitrogens with one attached hydrogen (secondary N) is 1. The summed E-state index contributed by atoms with van der Waals surface area (Å²) < 4.78 is 7.79. The van der Waals surface area contributed by atoms with Gasteiger partial charge in [-0.25, -0.2) is 9.97 Å². The van der Waals surface area contributed by atoms with Crippen LogP contribution in [-0.2, 0) is 13.5 Å².